The molecule has 6 heteroatoms. The summed E-state index contributed by atoms with van der Waals surface area (Å²) >= 11 is 5.90. The summed E-state index contributed by atoms with van der Waals surface area (Å²) < 4.78 is 5.59. The molecule has 0 radical (unpaired) electrons. The molecule has 0 spiro atoms. The molecule has 0 bridgehead atoms. The van der Waals surface area contributed by atoms with E-state index in [4.69, 9.17) is 16.3 Å². The molecule has 0 fully saturated rings. The van der Waals surface area contributed by atoms with Gasteiger partial charge in [-0.2, -0.15) is 5.10 Å². The normalized spacial score (nSPS) is 11.8. The molecule has 2 aromatic carbocycles. The summed E-state index contributed by atoms with van der Waals surface area (Å²) in [5.74, 6) is 0.693. The molecule has 0 aliphatic carbocycles. The van der Waals surface area contributed by atoms with Crippen LogP contribution in [0.2, 0.25) is 5.02 Å². The first-order valence-corrected chi connectivity index (χ1v) is 7.83. The Morgan fingerprint density at radius 3 is 2.71 bits per heavy atom. The van der Waals surface area contributed by atoms with Crippen LogP contribution in [0.5, 0.6) is 5.75 Å². The lowest BCUT2D eigenvalue weighted by Gasteiger charge is -2.13. The number of aromatic nitrogens is 2. The molecule has 3 rings (SSSR count). The summed E-state index contributed by atoms with van der Waals surface area (Å²) in [6.45, 7) is 1.67. The van der Waals surface area contributed by atoms with Gasteiger partial charge in [-0.25, -0.2) is 0 Å². The number of carbonyl (C=O) groups excluding carboxylic acids is 1. The number of ether oxygens (including phenoxy) is 1. The Hall–Kier alpha value is -2.79. The molecule has 122 valence electrons. The molecule has 1 heterocycles. The van der Waals surface area contributed by atoms with E-state index in [-0.39, 0.29) is 5.91 Å². The molecule has 0 saturated carbocycles. The lowest BCUT2D eigenvalue weighted by molar-refractivity contribution is -0.122. The zero-order valence-electron chi connectivity index (χ0n) is 13.0. The molecule has 0 saturated heterocycles. The molecule has 1 aromatic heterocycles. The van der Waals surface area contributed by atoms with E-state index in [2.05, 4.69) is 15.5 Å². The fourth-order valence-corrected chi connectivity index (χ4v) is 2.36. The van der Waals surface area contributed by atoms with Gasteiger partial charge in [0.1, 0.15) is 5.75 Å². The van der Waals surface area contributed by atoms with Crippen molar-refractivity contribution in [3.05, 3.63) is 65.7 Å². The van der Waals surface area contributed by atoms with E-state index in [1.807, 2.05) is 30.3 Å². The van der Waals surface area contributed by atoms with Gasteiger partial charge in [-0.05, 0) is 30.7 Å². The van der Waals surface area contributed by atoms with Crippen molar-refractivity contribution in [3.63, 3.8) is 0 Å². The maximum atomic E-state index is 12.2. The number of aromatic amines is 1. The number of hydrogen-bond acceptors (Lipinski definition) is 3. The molecule has 5 nitrogen and oxygen atoms in total. The van der Waals surface area contributed by atoms with Crippen molar-refractivity contribution in [2.24, 2.45) is 0 Å². The van der Waals surface area contributed by atoms with Crippen LogP contribution < -0.4 is 10.1 Å². The monoisotopic (exact) mass is 341 g/mol. The lowest BCUT2D eigenvalue weighted by atomic mass is 10.1. The van der Waals surface area contributed by atoms with E-state index in [0.717, 1.165) is 11.3 Å². The first-order valence-electron chi connectivity index (χ1n) is 7.46. The summed E-state index contributed by atoms with van der Waals surface area (Å²) in [5.41, 5.74) is 1.82. The number of rotatable bonds is 5. The van der Waals surface area contributed by atoms with Crippen LogP contribution in [0.15, 0.2) is 60.7 Å². The number of H-pyrrole nitrogens is 1. The molecule has 1 atom stereocenters. The number of halogens is 1. The Morgan fingerprint density at radius 1 is 1.17 bits per heavy atom. The van der Waals surface area contributed by atoms with E-state index in [0.29, 0.717) is 16.6 Å². The minimum atomic E-state index is -0.680. The van der Waals surface area contributed by atoms with E-state index in [9.17, 15) is 4.79 Å². The van der Waals surface area contributed by atoms with Crippen LogP contribution in [0.1, 0.15) is 6.92 Å². The largest absolute Gasteiger partial charge is 0.481 e. The highest BCUT2D eigenvalue weighted by molar-refractivity contribution is 6.30. The highest BCUT2D eigenvalue weighted by atomic mass is 35.5. The van der Waals surface area contributed by atoms with Crippen molar-refractivity contribution in [2.75, 3.05) is 5.32 Å². The Kier molecular flexibility index (Phi) is 4.82. The molecular formula is C18H16ClN3O2. The van der Waals surface area contributed by atoms with Gasteiger partial charge in [0.25, 0.3) is 5.91 Å². The molecule has 0 unspecified atom stereocenters. The molecule has 2 N–H and O–H groups in total. The second kappa shape index (κ2) is 7.19. The van der Waals surface area contributed by atoms with Crippen LogP contribution in [0.3, 0.4) is 0 Å². The van der Waals surface area contributed by atoms with Crippen LogP contribution in [-0.4, -0.2) is 22.2 Å². The number of nitrogens with one attached hydrogen (secondary N) is 2. The van der Waals surface area contributed by atoms with Gasteiger partial charge in [0.2, 0.25) is 0 Å². The van der Waals surface area contributed by atoms with Crippen molar-refractivity contribution >= 4 is 23.3 Å². The highest BCUT2D eigenvalue weighted by Gasteiger charge is 2.16. The smallest absolute Gasteiger partial charge is 0.266 e. The SMILES string of the molecule is C[C@H](Oc1cccc(Cl)c1)C(=O)Nc1cc(-c2ccccc2)[nH]n1. The van der Waals surface area contributed by atoms with Gasteiger partial charge in [-0.1, -0.05) is 48.0 Å². The van der Waals surface area contributed by atoms with Gasteiger partial charge in [-0.3, -0.25) is 9.89 Å². The Bertz CT molecular complexity index is 833. The third kappa shape index (κ3) is 3.94. The van der Waals surface area contributed by atoms with Crippen molar-refractivity contribution in [1.29, 1.82) is 0 Å². The topological polar surface area (TPSA) is 67.0 Å². The predicted octanol–water partition coefficient (Wildman–Crippen LogP) is 4.14. The predicted molar refractivity (Wildman–Crippen MR) is 94.2 cm³/mol. The first-order chi connectivity index (χ1) is 11.6. The van der Waals surface area contributed by atoms with Gasteiger partial charge in [-0.15, -0.1) is 0 Å². The van der Waals surface area contributed by atoms with Crippen LogP contribution >= 0.6 is 11.6 Å². The fourth-order valence-electron chi connectivity index (χ4n) is 2.18. The van der Waals surface area contributed by atoms with E-state index in [1.165, 1.54) is 0 Å². The quantitative estimate of drug-likeness (QED) is 0.733. The van der Waals surface area contributed by atoms with Gasteiger partial charge in [0, 0.05) is 11.1 Å². The number of carbonyl (C=O) groups is 1. The standard InChI is InChI=1S/C18H16ClN3O2/c1-12(24-15-9-5-8-14(19)10-15)18(23)20-17-11-16(21-22-17)13-6-3-2-4-7-13/h2-12H,1H3,(H2,20,21,22,23)/t12-/m0/s1. The molecule has 0 aliphatic heterocycles. The van der Waals surface area contributed by atoms with Crippen LogP contribution in [0.25, 0.3) is 11.3 Å². The zero-order valence-corrected chi connectivity index (χ0v) is 13.7. The molecule has 24 heavy (non-hydrogen) atoms. The Morgan fingerprint density at radius 2 is 1.96 bits per heavy atom. The van der Waals surface area contributed by atoms with Crippen molar-refractivity contribution in [3.8, 4) is 17.0 Å². The van der Waals surface area contributed by atoms with E-state index >= 15 is 0 Å². The second-order valence-electron chi connectivity index (χ2n) is 5.24. The Labute approximate surface area is 144 Å². The summed E-state index contributed by atoms with van der Waals surface area (Å²) in [6.07, 6.45) is -0.680. The summed E-state index contributed by atoms with van der Waals surface area (Å²) in [6, 6.07) is 18.4. The highest BCUT2D eigenvalue weighted by Crippen LogP contribution is 2.20. The van der Waals surface area contributed by atoms with Crippen LogP contribution in [0, 0.1) is 0 Å². The lowest BCUT2D eigenvalue weighted by Crippen LogP contribution is -2.30. The summed E-state index contributed by atoms with van der Waals surface area (Å²) in [5, 5.41) is 10.3. The van der Waals surface area contributed by atoms with Crippen molar-refractivity contribution in [1.82, 2.24) is 10.2 Å². The third-order valence-corrected chi connectivity index (χ3v) is 3.63. The number of benzene rings is 2. The minimum absolute atomic E-state index is 0.291. The molecule has 3 aromatic rings. The average molecular weight is 342 g/mol. The first kappa shape index (κ1) is 16.1. The molecule has 0 aliphatic rings. The average Bonchev–Trinajstić information content (AvgIpc) is 3.04. The number of hydrogen-bond donors (Lipinski definition) is 2. The van der Waals surface area contributed by atoms with Gasteiger partial charge in [0.15, 0.2) is 11.9 Å². The summed E-state index contributed by atoms with van der Waals surface area (Å²) in [4.78, 5) is 12.2. The fraction of sp³-hybridized carbons (Fsp3) is 0.111. The Balaban J connectivity index is 1.63. The zero-order chi connectivity index (χ0) is 16.9. The van der Waals surface area contributed by atoms with E-state index < -0.39 is 6.10 Å². The van der Waals surface area contributed by atoms with Crippen molar-refractivity contribution < 1.29 is 9.53 Å². The number of amides is 1. The van der Waals surface area contributed by atoms with E-state index in [1.54, 1.807) is 37.3 Å². The number of nitrogens with zero attached hydrogens (tertiary/aromatic N) is 1. The summed E-state index contributed by atoms with van der Waals surface area (Å²) in [7, 11) is 0. The number of anilines is 1. The maximum Gasteiger partial charge on any atom is 0.266 e. The third-order valence-electron chi connectivity index (χ3n) is 3.39. The second-order valence-corrected chi connectivity index (χ2v) is 5.68. The van der Waals surface area contributed by atoms with Gasteiger partial charge in [0.05, 0.1) is 5.69 Å². The minimum Gasteiger partial charge on any atom is -0.481 e. The molecule has 1 amide bonds. The van der Waals surface area contributed by atoms with Gasteiger partial charge < -0.3 is 10.1 Å². The van der Waals surface area contributed by atoms with Gasteiger partial charge >= 0.3 is 0 Å². The molecular weight excluding hydrogens is 326 g/mol. The van der Waals surface area contributed by atoms with Crippen molar-refractivity contribution in [2.45, 2.75) is 13.0 Å². The maximum absolute atomic E-state index is 12.2. The van der Waals surface area contributed by atoms with Crippen LogP contribution in [0.4, 0.5) is 5.82 Å². The van der Waals surface area contributed by atoms with Crippen LogP contribution in [-0.2, 0) is 4.79 Å².